The lowest BCUT2D eigenvalue weighted by atomic mass is 10.3. The first-order valence-corrected chi connectivity index (χ1v) is 9.00. The lowest BCUT2D eigenvalue weighted by Crippen LogP contribution is -2.32. The molecule has 3 unspecified atom stereocenters. The Bertz CT molecular complexity index is 265. The van der Waals surface area contributed by atoms with Crippen LogP contribution in [0, 0.1) is 0 Å². The lowest BCUT2D eigenvalue weighted by molar-refractivity contribution is -0.104. The predicted molar refractivity (Wildman–Crippen MR) is 92.7 cm³/mol. The van der Waals surface area contributed by atoms with E-state index < -0.39 is 6.10 Å². The molecule has 3 atom stereocenters. The van der Waals surface area contributed by atoms with Gasteiger partial charge in [0.1, 0.15) is 12.2 Å². The summed E-state index contributed by atoms with van der Waals surface area (Å²) in [7, 11) is 0. The monoisotopic (exact) mass is 368 g/mol. The Morgan fingerprint density at radius 2 is 1.28 bits per heavy atom. The van der Waals surface area contributed by atoms with Crippen LogP contribution in [0.15, 0.2) is 0 Å². The van der Waals surface area contributed by atoms with Gasteiger partial charge in [0.05, 0.1) is 39.1 Å². The fourth-order valence-electron chi connectivity index (χ4n) is 1.84. The molecule has 0 rings (SSSR count). The minimum absolute atomic E-state index is 0.0720. The van der Waals surface area contributed by atoms with Gasteiger partial charge in [0.2, 0.25) is 0 Å². The molecule has 8 heteroatoms. The first-order valence-electron chi connectivity index (χ1n) is 9.00. The Morgan fingerprint density at radius 1 is 0.720 bits per heavy atom. The molecule has 8 nitrogen and oxygen atoms in total. The van der Waals surface area contributed by atoms with Crippen molar-refractivity contribution < 1.29 is 39.0 Å². The molecule has 152 valence electrons. The number of rotatable bonds is 19. The van der Waals surface area contributed by atoms with Crippen LogP contribution in [0.25, 0.3) is 0 Å². The number of ether oxygens (including phenoxy) is 5. The third-order valence-corrected chi connectivity index (χ3v) is 3.10. The second kappa shape index (κ2) is 18.5. The Labute approximate surface area is 151 Å². The molecule has 0 radical (unpaired) electrons. The molecule has 3 N–H and O–H groups in total. The molecule has 0 aliphatic carbocycles. The molecule has 0 spiro atoms. The molecule has 0 aliphatic heterocycles. The zero-order valence-corrected chi connectivity index (χ0v) is 15.6. The molecule has 0 aromatic rings. The van der Waals surface area contributed by atoms with Crippen LogP contribution in [0.5, 0.6) is 0 Å². The maximum atomic E-state index is 9.32. The van der Waals surface area contributed by atoms with E-state index in [1.807, 2.05) is 6.92 Å². The average Bonchev–Trinajstić information content (AvgIpc) is 2.60. The molecule has 0 aromatic heterocycles. The van der Waals surface area contributed by atoms with E-state index in [0.717, 1.165) is 0 Å². The maximum Gasteiger partial charge on any atom is 0.104 e. The Hall–Kier alpha value is -0.320. The first kappa shape index (κ1) is 24.7. The van der Waals surface area contributed by atoms with Crippen molar-refractivity contribution in [1.29, 1.82) is 0 Å². The molecule has 0 aromatic carbocycles. The Morgan fingerprint density at radius 3 is 1.88 bits per heavy atom. The van der Waals surface area contributed by atoms with Crippen molar-refractivity contribution in [3.8, 4) is 0 Å². The number of hydrogen-bond donors (Lipinski definition) is 3. The van der Waals surface area contributed by atoms with Crippen molar-refractivity contribution in [3.63, 3.8) is 0 Å². The topological polar surface area (TPSA) is 107 Å². The van der Waals surface area contributed by atoms with E-state index in [0.29, 0.717) is 59.1 Å². The van der Waals surface area contributed by atoms with Gasteiger partial charge >= 0.3 is 0 Å². The normalized spacial score (nSPS) is 15.2. The molecule has 0 saturated carbocycles. The zero-order valence-electron chi connectivity index (χ0n) is 15.6. The van der Waals surface area contributed by atoms with Crippen molar-refractivity contribution in [2.75, 3.05) is 66.1 Å². The standard InChI is InChI=1S/C17H36O8/c1-3-21-11-17(25-10-15(2)20)14-23-13-16(24-9-5-7-19)12-22-8-4-6-18/h15-20H,3-14H2,1-2H3. The van der Waals surface area contributed by atoms with Gasteiger partial charge in [0.15, 0.2) is 0 Å². The minimum atomic E-state index is -0.543. The van der Waals surface area contributed by atoms with Gasteiger partial charge in [0.25, 0.3) is 0 Å². The van der Waals surface area contributed by atoms with Gasteiger partial charge in [-0.3, -0.25) is 0 Å². The molecule has 0 aliphatic rings. The summed E-state index contributed by atoms with van der Waals surface area (Å²) in [5, 5.41) is 26.9. The van der Waals surface area contributed by atoms with Gasteiger partial charge in [-0.1, -0.05) is 0 Å². The van der Waals surface area contributed by atoms with E-state index in [9.17, 15) is 5.11 Å². The molecule has 0 heterocycles. The van der Waals surface area contributed by atoms with Crippen molar-refractivity contribution in [3.05, 3.63) is 0 Å². The summed E-state index contributed by atoms with van der Waals surface area (Å²) in [6.07, 6.45) is 0.0714. The lowest BCUT2D eigenvalue weighted by Gasteiger charge is -2.22. The summed E-state index contributed by atoms with van der Waals surface area (Å²) in [4.78, 5) is 0. The summed E-state index contributed by atoms with van der Waals surface area (Å²) >= 11 is 0. The van der Waals surface area contributed by atoms with Crippen LogP contribution < -0.4 is 0 Å². The highest BCUT2D eigenvalue weighted by Crippen LogP contribution is 2.02. The highest BCUT2D eigenvalue weighted by molar-refractivity contribution is 4.61. The van der Waals surface area contributed by atoms with Crippen LogP contribution in [0.1, 0.15) is 26.7 Å². The zero-order chi connectivity index (χ0) is 18.8. The van der Waals surface area contributed by atoms with E-state index in [1.54, 1.807) is 6.92 Å². The summed E-state index contributed by atoms with van der Waals surface area (Å²) < 4.78 is 27.7. The summed E-state index contributed by atoms with van der Waals surface area (Å²) in [5.74, 6) is 0. The van der Waals surface area contributed by atoms with Gasteiger partial charge < -0.3 is 39.0 Å². The summed E-state index contributed by atoms with van der Waals surface area (Å²) in [5.41, 5.74) is 0. The second-order valence-corrected chi connectivity index (χ2v) is 5.72. The van der Waals surface area contributed by atoms with Gasteiger partial charge in [-0.15, -0.1) is 0 Å². The molecule has 25 heavy (non-hydrogen) atoms. The van der Waals surface area contributed by atoms with Crippen LogP contribution in [0.3, 0.4) is 0 Å². The predicted octanol–water partition coefficient (Wildman–Crippen LogP) is -0.0279. The van der Waals surface area contributed by atoms with Crippen molar-refractivity contribution >= 4 is 0 Å². The Kier molecular flexibility index (Phi) is 18.2. The van der Waals surface area contributed by atoms with Crippen LogP contribution >= 0.6 is 0 Å². The van der Waals surface area contributed by atoms with Crippen LogP contribution in [0.2, 0.25) is 0 Å². The van der Waals surface area contributed by atoms with E-state index in [4.69, 9.17) is 33.9 Å². The minimum Gasteiger partial charge on any atom is -0.396 e. The SMILES string of the molecule is CCOCC(COCC(COCCCO)OCCCO)OCC(C)O. The van der Waals surface area contributed by atoms with Crippen molar-refractivity contribution in [2.45, 2.75) is 45.0 Å². The summed E-state index contributed by atoms with van der Waals surface area (Å²) in [6.45, 7) is 6.82. The molecule has 0 amide bonds. The third kappa shape index (κ3) is 16.9. The van der Waals surface area contributed by atoms with Crippen molar-refractivity contribution in [1.82, 2.24) is 0 Å². The largest absolute Gasteiger partial charge is 0.396 e. The first-order chi connectivity index (χ1) is 12.1. The summed E-state index contributed by atoms with van der Waals surface area (Å²) in [6, 6.07) is 0. The number of aliphatic hydroxyl groups excluding tert-OH is 3. The fraction of sp³-hybridized carbons (Fsp3) is 1.00. The maximum absolute atomic E-state index is 9.32. The van der Waals surface area contributed by atoms with Crippen LogP contribution in [0.4, 0.5) is 0 Å². The highest BCUT2D eigenvalue weighted by Gasteiger charge is 2.15. The number of hydrogen-bond acceptors (Lipinski definition) is 8. The van der Waals surface area contributed by atoms with Gasteiger partial charge in [-0.05, 0) is 26.7 Å². The quantitative estimate of drug-likeness (QED) is 0.273. The van der Waals surface area contributed by atoms with E-state index in [2.05, 4.69) is 0 Å². The highest BCUT2D eigenvalue weighted by atomic mass is 16.6. The van der Waals surface area contributed by atoms with Crippen LogP contribution in [-0.4, -0.2) is 99.7 Å². The average molecular weight is 368 g/mol. The van der Waals surface area contributed by atoms with E-state index in [-0.39, 0.29) is 32.0 Å². The second-order valence-electron chi connectivity index (χ2n) is 5.72. The molecular weight excluding hydrogens is 332 g/mol. The smallest absolute Gasteiger partial charge is 0.104 e. The molecule has 0 bridgehead atoms. The van der Waals surface area contributed by atoms with Gasteiger partial charge in [-0.25, -0.2) is 0 Å². The van der Waals surface area contributed by atoms with Gasteiger partial charge in [-0.2, -0.15) is 0 Å². The van der Waals surface area contributed by atoms with E-state index in [1.165, 1.54) is 0 Å². The molecule has 0 fully saturated rings. The number of aliphatic hydroxyl groups is 3. The molecular formula is C17H36O8. The van der Waals surface area contributed by atoms with E-state index >= 15 is 0 Å². The Balaban J connectivity index is 4.15. The van der Waals surface area contributed by atoms with Crippen molar-refractivity contribution in [2.24, 2.45) is 0 Å². The fourth-order valence-corrected chi connectivity index (χ4v) is 1.84. The molecule has 0 saturated heterocycles. The van der Waals surface area contributed by atoms with Gasteiger partial charge in [0, 0.05) is 33.0 Å². The third-order valence-electron chi connectivity index (χ3n) is 3.10. The van der Waals surface area contributed by atoms with Crippen LogP contribution in [-0.2, 0) is 23.7 Å².